The number of ether oxygens (including phenoxy) is 2. The average molecular weight is 1010 g/mol. The number of benzene rings is 4. The Hall–Kier alpha value is -5.22. The lowest BCUT2D eigenvalue weighted by molar-refractivity contribution is -0.134. The van der Waals surface area contributed by atoms with E-state index in [4.69, 9.17) is 66.1 Å². The first-order valence-electron chi connectivity index (χ1n) is 22.9. The molecular formula is C50H58Cl4N6O8. The predicted molar refractivity (Wildman–Crippen MR) is 271 cm³/mol. The van der Waals surface area contributed by atoms with Gasteiger partial charge in [0.1, 0.15) is 11.5 Å². The molecule has 0 bridgehead atoms. The van der Waals surface area contributed by atoms with Crippen LogP contribution in [-0.4, -0.2) is 122 Å². The number of carbonyl (C=O) groups is 4. The Balaban J connectivity index is 0.000000193. The van der Waals surface area contributed by atoms with Crippen molar-refractivity contribution in [1.29, 1.82) is 0 Å². The Morgan fingerprint density at radius 1 is 0.544 bits per heavy atom. The Morgan fingerprint density at radius 3 is 1.32 bits per heavy atom. The van der Waals surface area contributed by atoms with Gasteiger partial charge in [0.25, 0.3) is 0 Å². The number of rotatable bonds is 16. The molecule has 4 heterocycles. The van der Waals surface area contributed by atoms with E-state index in [2.05, 4.69) is 42.4 Å². The lowest BCUT2D eigenvalue weighted by Gasteiger charge is -2.36. The van der Waals surface area contributed by atoms with Gasteiger partial charge in [-0.05, 0) is 99.1 Å². The van der Waals surface area contributed by atoms with Crippen molar-refractivity contribution in [1.82, 2.24) is 9.80 Å². The zero-order valence-corrected chi connectivity index (χ0v) is 40.9. The van der Waals surface area contributed by atoms with Crippen LogP contribution in [0.25, 0.3) is 0 Å². The van der Waals surface area contributed by atoms with E-state index in [9.17, 15) is 19.2 Å². The van der Waals surface area contributed by atoms with Crippen molar-refractivity contribution in [2.45, 2.75) is 51.4 Å². The molecule has 2 fully saturated rings. The number of unbranched alkanes of at least 4 members (excludes halogenated alkanes) is 2. The van der Waals surface area contributed by atoms with Gasteiger partial charge in [-0.25, -0.2) is 9.59 Å². The Morgan fingerprint density at radius 2 is 0.941 bits per heavy atom. The number of nitrogens with one attached hydrogen (secondary N) is 2. The van der Waals surface area contributed by atoms with Crippen LogP contribution in [0.4, 0.5) is 22.7 Å². The first-order chi connectivity index (χ1) is 32.8. The minimum atomic E-state index is -1.26. The van der Waals surface area contributed by atoms with E-state index in [0.717, 1.165) is 138 Å². The first kappa shape index (κ1) is 52.2. The minimum absolute atomic E-state index is 0.0809. The average Bonchev–Trinajstić information content (AvgIpc) is 3.33. The number of fused-ring (bicyclic) bond motifs is 2. The van der Waals surface area contributed by atoms with Gasteiger partial charge in [0, 0.05) is 101 Å². The summed E-state index contributed by atoms with van der Waals surface area (Å²) in [6, 6.07) is 23.6. The quantitative estimate of drug-likeness (QED) is 0.0622. The molecule has 0 atom stereocenters. The van der Waals surface area contributed by atoms with E-state index in [1.54, 1.807) is 0 Å². The third-order valence-corrected chi connectivity index (χ3v) is 13.5. The SMILES string of the molecule is O=C(O)/C=C/C(=O)O.O=C1CCc2ccc(OCCCCN3CCN(c4cccc(Cl)c4Cl)CC3)cc2N1.O=C1CCc2ccc(OCCCCN3CCN(c4cccc(Cl)c4Cl)CC3)cc2N1. The molecule has 364 valence electrons. The molecule has 14 nitrogen and oxygen atoms in total. The number of nitrogens with zero attached hydrogens (tertiary/aromatic N) is 4. The number of piperazine rings is 2. The summed E-state index contributed by atoms with van der Waals surface area (Å²) in [5.41, 5.74) is 6.19. The maximum Gasteiger partial charge on any atom is 0.328 e. The fraction of sp³-hybridized carbons (Fsp3) is 0.400. The predicted octanol–water partition coefficient (Wildman–Crippen LogP) is 9.43. The van der Waals surface area contributed by atoms with Crippen molar-refractivity contribution >= 4 is 92.9 Å². The molecule has 0 spiro atoms. The zero-order valence-electron chi connectivity index (χ0n) is 37.9. The number of aryl methyl sites for hydroxylation is 2. The summed E-state index contributed by atoms with van der Waals surface area (Å²) in [4.78, 5) is 51.8. The summed E-state index contributed by atoms with van der Waals surface area (Å²) in [5.74, 6) is -0.708. The highest BCUT2D eigenvalue weighted by molar-refractivity contribution is 6.44. The smallest absolute Gasteiger partial charge is 0.328 e. The monoisotopic (exact) mass is 1010 g/mol. The molecule has 68 heavy (non-hydrogen) atoms. The molecule has 0 saturated carbocycles. The Labute approximate surface area is 417 Å². The van der Waals surface area contributed by atoms with Crippen molar-refractivity contribution < 1.29 is 38.9 Å². The molecule has 2 saturated heterocycles. The second-order valence-corrected chi connectivity index (χ2v) is 18.2. The summed E-state index contributed by atoms with van der Waals surface area (Å²) in [6.45, 7) is 11.4. The zero-order chi connectivity index (χ0) is 48.4. The van der Waals surface area contributed by atoms with Crippen LogP contribution in [0.5, 0.6) is 11.5 Å². The third-order valence-electron chi connectivity index (χ3n) is 11.9. The molecule has 8 rings (SSSR count). The summed E-state index contributed by atoms with van der Waals surface area (Å²) >= 11 is 25.0. The number of anilines is 4. The number of carboxylic acids is 2. The molecule has 18 heteroatoms. The molecule has 4 N–H and O–H groups in total. The van der Waals surface area contributed by atoms with Crippen LogP contribution in [0, 0.1) is 0 Å². The van der Waals surface area contributed by atoms with Crippen molar-refractivity contribution in [3.8, 4) is 11.5 Å². The van der Waals surface area contributed by atoms with Crippen molar-refractivity contribution in [3.05, 3.63) is 116 Å². The lowest BCUT2D eigenvalue weighted by Crippen LogP contribution is -2.46. The van der Waals surface area contributed by atoms with Crippen molar-refractivity contribution in [2.75, 3.05) is 99.1 Å². The Bertz CT molecular complexity index is 2230. The largest absolute Gasteiger partial charge is 0.494 e. The maximum absolute atomic E-state index is 11.5. The first-order valence-corrected chi connectivity index (χ1v) is 24.4. The highest BCUT2D eigenvalue weighted by Gasteiger charge is 2.22. The Kier molecular flexibility index (Phi) is 20.3. The summed E-state index contributed by atoms with van der Waals surface area (Å²) in [7, 11) is 0. The molecule has 4 aliphatic rings. The fourth-order valence-electron chi connectivity index (χ4n) is 8.18. The van der Waals surface area contributed by atoms with Crippen molar-refractivity contribution in [3.63, 3.8) is 0 Å². The maximum atomic E-state index is 11.5. The van der Waals surface area contributed by atoms with Crippen LogP contribution in [-0.2, 0) is 32.0 Å². The lowest BCUT2D eigenvalue weighted by atomic mass is 10.0. The van der Waals surface area contributed by atoms with E-state index in [1.165, 1.54) is 11.1 Å². The van der Waals surface area contributed by atoms with Gasteiger partial charge >= 0.3 is 11.9 Å². The highest BCUT2D eigenvalue weighted by atomic mass is 35.5. The molecule has 4 aromatic rings. The molecule has 4 aliphatic heterocycles. The van der Waals surface area contributed by atoms with Gasteiger partial charge in [-0.1, -0.05) is 70.7 Å². The summed E-state index contributed by atoms with van der Waals surface area (Å²) < 4.78 is 11.8. The van der Waals surface area contributed by atoms with Crippen molar-refractivity contribution in [2.24, 2.45) is 0 Å². The molecule has 4 aromatic carbocycles. The van der Waals surface area contributed by atoms with Crippen LogP contribution >= 0.6 is 46.4 Å². The van der Waals surface area contributed by atoms with Crippen LogP contribution in [0.3, 0.4) is 0 Å². The van der Waals surface area contributed by atoms with E-state index < -0.39 is 11.9 Å². The van der Waals surface area contributed by atoms with E-state index in [1.807, 2.05) is 60.7 Å². The highest BCUT2D eigenvalue weighted by Crippen LogP contribution is 2.35. The van der Waals surface area contributed by atoms with E-state index >= 15 is 0 Å². The normalized spacial score (nSPS) is 16.0. The van der Waals surface area contributed by atoms with E-state index in [0.29, 0.717) is 58.3 Å². The topological polar surface area (TPSA) is 164 Å². The molecule has 0 aliphatic carbocycles. The van der Waals surface area contributed by atoms with Crippen LogP contribution in [0.2, 0.25) is 20.1 Å². The number of aliphatic carboxylic acids is 2. The number of hydrogen-bond donors (Lipinski definition) is 4. The number of amides is 2. The second kappa shape index (κ2) is 26.5. The second-order valence-electron chi connectivity index (χ2n) is 16.7. The fourth-order valence-corrected chi connectivity index (χ4v) is 9.01. The summed E-state index contributed by atoms with van der Waals surface area (Å²) in [6.07, 6.45) is 8.05. The van der Waals surface area contributed by atoms with Crippen LogP contribution < -0.4 is 29.9 Å². The molecule has 0 radical (unpaired) electrons. The standard InChI is InChI=1S/2C23H27Cl2N3O2.C4H4O4/c2*24-19-4-3-5-21(23(19)25)28-13-11-27(12-14-28)10-1-2-15-30-18-8-6-17-7-9-22(29)26-20(17)16-18;5-3(6)1-2-4(7)8/h2*3-6,8,16H,1-2,7,9-15H2,(H,26,29);1-2H,(H,5,6)(H,7,8)/b;;2-1+. The van der Waals surface area contributed by atoms with Gasteiger partial charge in [-0.3, -0.25) is 19.4 Å². The number of carboxylic acid groups (broad SMARTS) is 2. The van der Waals surface area contributed by atoms with Gasteiger partial charge in [0.05, 0.1) is 44.7 Å². The van der Waals surface area contributed by atoms with Gasteiger partial charge in [-0.2, -0.15) is 0 Å². The molecule has 0 aromatic heterocycles. The molecule has 0 unspecified atom stereocenters. The number of halogens is 4. The number of carbonyl (C=O) groups excluding carboxylic acids is 2. The van der Waals surface area contributed by atoms with Gasteiger partial charge in [0.15, 0.2) is 0 Å². The van der Waals surface area contributed by atoms with E-state index in [-0.39, 0.29) is 11.8 Å². The third kappa shape index (κ3) is 16.2. The minimum Gasteiger partial charge on any atom is -0.494 e. The van der Waals surface area contributed by atoms with Gasteiger partial charge in [-0.15, -0.1) is 0 Å². The molecular weight excluding hydrogens is 954 g/mol. The van der Waals surface area contributed by atoms with Crippen LogP contribution in [0.15, 0.2) is 84.9 Å². The van der Waals surface area contributed by atoms with Crippen LogP contribution in [0.1, 0.15) is 49.7 Å². The van der Waals surface area contributed by atoms with Gasteiger partial charge < -0.3 is 40.1 Å². The summed E-state index contributed by atoms with van der Waals surface area (Å²) in [5, 5.41) is 24.0. The van der Waals surface area contributed by atoms with Gasteiger partial charge in [0.2, 0.25) is 11.8 Å². The molecule has 2 amide bonds. The number of hydrogen-bond acceptors (Lipinski definition) is 10.